The molecular formula is C12H10Br2ClNO. The number of anilines is 1. The lowest BCUT2D eigenvalue weighted by Crippen LogP contribution is -1.98. The van der Waals surface area contributed by atoms with Gasteiger partial charge in [0.15, 0.2) is 4.67 Å². The van der Waals surface area contributed by atoms with Crippen molar-refractivity contribution in [2.24, 2.45) is 0 Å². The maximum Gasteiger partial charge on any atom is 0.183 e. The summed E-state index contributed by atoms with van der Waals surface area (Å²) in [7, 11) is 0. The third kappa shape index (κ3) is 3.27. The van der Waals surface area contributed by atoms with Crippen molar-refractivity contribution < 1.29 is 4.42 Å². The largest absolute Gasteiger partial charge is 0.451 e. The van der Waals surface area contributed by atoms with Gasteiger partial charge in [0, 0.05) is 0 Å². The van der Waals surface area contributed by atoms with E-state index >= 15 is 0 Å². The van der Waals surface area contributed by atoms with Crippen molar-refractivity contribution in [2.75, 3.05) is 5.32 Å². The fraction of sp³-hybridized carbons (Fsp3) is 0.167. The van der Waals surface area contributed by atoms with Gasteiger partial charge in [-0.15, -0.1) is 0 Å². The second kappa shape index (κ2) is 5.46. The number of halogens is 3. The zero-order valence-corrected chi connectivity index (χ0v) is 13.0. The first-order valence-electron chi connectivity index (χ1n) is 5.00. The predicted octanol–water partition coefficient (Wildman–Crippen LogP) is 5.38. The Kier molecular flexibility index (Phi) is 4.17. The molecule has 0 unspecified atom stereocenters. The molecule has 0 aliphatic rings. The topological polar surface area (TPSA) is 25.2 Å². The first-order chi connectivity index (χ1) is 8.06. The minimum atomic E-state index is 0.590. The van der Waals surface area contributed by atoms with Gasteiger partial charge >= 0.3 is 0 Å². The van der Waals surface area contributed by atoms with Crippen molar-refractivity contribution >= 4 is 49.1 Å². The average Bonchev–Trinajstić information content (AvgIpc) is 2.57. The van der Waals surface area contributed by atoms with Crippen molar-refractivity contribution in [2.45, 2.75) is 13.5 Å². The highest BCUT2D eigenvalue weighted by Crippen LogP contribution is 2.28. The van der Waals surface area contributed by atoms with Crippen LogP contribution in [0.15, 0.2) is 37.8 Å². The fourth-order valence-electron chi connectivity index (χ4n) is 1.42. The van der Waals surface area contributed by atoms with E-state index in [9.17, 15) is 0 Å². The summed E-state index contributed by atoms with van der Waals surface area (Å²) in [5.41, 5.74) is 2.05. The highest BCUT2D eigenvalue weighted by molar-refractivity contribution is 9.13. The summed E-state index contributed by atoms with van der Waals surface area (Å²) in [5, 5.41) is 3.95. The molecule has 0 spiro atoms. The Hall–Kier alpha value is -0.450. The van der Waals surface area contributed by atoms with Crippen LogP contribution in [0.1, 0.15) is 11.3 Å². The third-order valence-electron chi connectivity index (χ3n) is 2.27. The van der Waals surface area contributed by atoms with Crippen molar-refractivity contribution in [1.82, 2.24) is 0 Å². The molecular weight excluding hydrogens is 369 g/mol. The normalized spacial score (nSPS) is 10.6. The van der Waals surface area contributed by atoms with Gasteiger partial charge in [-0.25, -0.2) is 0 Å². The van der Waals surface area contributed by atoms with Gasteiger partial charge in [-0.05, 0) is 62.5 Å². The molecule has 0 radical (unpaired) electrons. The number of furan rings is 1. The van der Waals surface area contributed by atoms with Gasteiger partial charge in [0.05, 0.1) is 21.7 Å². The number of hydrogen-bond donors (Lipinski definition) is 1. The minimum Gasteiger partial charge on any atom is -0.451 e. The molecule has 17 heavy (non-hydrogen) atoms. The molecule has 0 bridgehead atoms. The van der Waals surface area contributed by atoms with E-state index in [0.29, 0.717) is 11.2 Å². The SMILES string of the molecule is Cc1ccc(NCc2cc(Br)c(Br)o2)c(Cl)c1. The van der Waals surface area contributed by atoms with Gasteiger partial charge in [0.2, 0.25) is 0 Å². The molecule has 90 valence electrons. The fourth-order valence-corrected chi connectivity index (χ4v) is 2.38. The maximum absolute atomic E-state index is 6.12. The number of nitrogens with one attached hydrogen (secondary N) is 1. The van der Waals surface area contributed by atoms with Crippen LogP contribution in [-0.2, 0) is 6.54 Å². The molecule has 2 nitrogen and oxygen atoms in total. The monoisotopic (exact) mass is 377 g/mol. The molecule has 0 aliphatic carbocycles. The van der Waals surface area contributed by atoms with Crippen LogP contribution in [0, 0.1) is 6.92 Å². The lowest BCUT2D eigenvalue weighted by Gasteiger charge is -2.07. The first-order valence-corrected chi connectivity index (χ1v) is 6.96. The van der Waals surface area contributed by atoms with Crippen molar-refractivity contribution in [1.29, 1.82) is 0 Å². The second-order valence-electron chi connectivity index (χ2n) is 3.67. The van der Waals surface area contributed by atoms with Gasteiger partial charge in [-0.1, -0.05) is 17.7 Å². The van der Waals surface area contributed by atoms with Crippen LogP contribution in [0.3, 0.4) is 0 Å². The van der Waals surface area contributed by atoms with Crippen molar-refractivity contribution in [3.05, 3.63) is 49.8 Å². The maximum atomic E-state index is 6.12. The summed E-state index contributed by atoms with van der Waals surface area (Å²) in [5.74, 6) is 0.834. The van der Waals surface area contributed by atoms with Gasteiger partial charge in [0.25, 0.3) is 0 Å². The third-order valence-corrected chi connectivity index (χ3v) is 4.30. The second-order valence-corrected chi connectivity index (χ2v) is 5.65. The van der Waals surface area contributed by atoms with E-state index in [1.54, 1.807) is 0 Å². The summed E-state index contributed by atoms with van der Waals surface area (Å²) in [4.78, 5) is 0. The lowest BCUT2D eigenvalue weighted by molar-refractivity contribution is 0.494. The van der Waals surface area contributed by atoms with E-state index < -0.39 is 0 Å². The summed E-state index contributed by atoms with van der Waals surface area (Å²) >= 11 is 12.8. The Labute approximate surface area is 122 Å². The quantitative estimate of drug-likeness (QED) is 0.775. The molecule has 2 aromatic rings. The Morgan fingerprint density at radius 2 is 2.06 bits per heavy atom. The molecule has 1 heterocycles. The molecule has 1 aromatic carbocycles. The molecule has 0 atom stereocenters. The molecule has 1 N–H and O–H groups in total. The summed E-state index contributed by atoms with van der Waals surface area (Å²) in [6, 6.07) is 7.82. The van der Waals surface area contributed by atoms with Crippen LogP contribution >= 0.6 is 43.5 Å². The summed E-state index contributed by atoms with van der Waals surface area (Å²) in [6.07, 6.45) is 0. The lowest BCUT2D eigenvalue weighted by atomic mass is 10.2. The standard InChI is InChI=1S/C12H10Br2ClNO/c1-7-2-3-11(10(15)4-7)16-6-8-5-9(13)12(14)17-8/h2-5,16H,6H2,1H3. The molecule has 2 rings (SSSR count). The van der Waals surface area contributed by atoms with Crippen molar-refractivity contribution in [3.63, 3.8) is 0 Å². The minimum absolute atomic E-state index is 0.590. The average molecular weight is 379 g/mol. The van der Waals surface area contributed by atoms with E-state index in [4.69, 9.17) is 16.0 Å². The van der Waals surface area contributed by atoms with E-state index in [1.165, 1.54) is 0 Å². The zero-order valence-electron chi connectivity index (χ0n) is 9.06. The van der Waals surface area contributed by atoms with Crippen LogP contribution in [0.2, 0.25) is 5.02 Å². The highest BCUT2D eigenvalue weighted by Gasteiger charge is 2.06. The van der Waals surface area contributed by atoms with Crippen LogP contribution in [0.5, 0.6) is 0 Å². The number of hydrogen-bond acceptors (Lipinski definition) is 2. The Morgan fingerprint density at radius 3 is 2.65 bits per heavy atom. The van der Waals surface area contributed by atoms with E-state index in [0.717, 1.165) is 26.5 Å². The van der Waals surface area contributed by atoms with E-state index in [-0.39, 0.29) is 0 Å². The van der Waals surface area contributed by atoms with Gasteiger partial charge < -0.3 is 9.73 Å². The van der Waals surface area contributed by atoms with Crippen molar-refractivity contribution in [3.8, 4) is 0 Å². The Balaban J connectivity index is 2.07. The molecule has 1 aromatic heterocycles. The number of rotatable bonds is 3. The molecule has 0 saturated carbocycles. The van der Waals surface area contributed by atoms with Gasteiger partial charge in [-0.2, -0.15) is 0 Å². The van der Waals surface area contributed by atoms with Crippen LogP contribution in [-0.4, -0.2) is 0 Å². The predicted molar refractivity (Wildman–Crippen MR) is 77.6 cm³/mol. The first kappa shape index (κ1) is 13.0. The zero-order chi connectivity index (χ0) is 12.4. The highest BCUT2D eigenvalue weighted by atomic mass is 79.9. The van der Waals surface area contributed by atoms with Crippen LogP contribution < -0.4 is 5.32 Å². The molecule has 5 heteroatoms. The summed E-state index contributed by atoms with van der Waals surface area (Å²) in [6.45, 7) is 2.60. The Morgan fingerprint density at radius 1 is 1.29 bits per heavy atom. The van der Waals surface area contributed by atoms with Gasteiger partial charge in [-0.3, -0.25) is 0 Å². The van der Waals surface area contributed by atoms with E-state index in [2.05, 4.69) is 37.2 Å². The van der Waals surface area contributed by atoms with Gasteiger partial charge in [0.1, 0.15) is 5.76 Å². The molecule has 0 fully saturated rings. The molecule has 0 saturated heterocycles. The van der Waals surface area contributed by atoms with Crippen LogP contribution in [0.4, 0.5) is 5.69 Å². The Bertz CT molecular complexity index is 520. The summed E-state index contributed by atoms with van der Waals surface area (Å²) < 4.78 is 7.07. The van der Waals surface area contributed by atoms with E-state index in [1.807, 2.05) is 31.2 Å². The smallest absolute Gasteiger partial charge is 0.183 e. The van der Waals surface area contributed by atoms with Crippen LogP contribution in [0.25, 0.3) is 0 Å². The molecule has 0 aliphatic heterocycles. The number of benzene rings is 1. The number of aryl methyl sites for hydroxylation is 1. The molecule has 0 amide bonds.